The van der Waals surface area contributed by atoms with Gasteiger partial charge >= 0.3 is 0 Å². The number of carbonyl (C=O) groups is 1. The van der Waals surface area contributed by atoms with Crippen molar-refractivity contribution in [2.75, 3.05) is 37.7 Å². The standard InChI is InChI=1S/C17H19FN2O3S2/c18-13-1-2-15-12(9-13)10-16(24-15)17(21)20-6-4-19(5-7-20)14-3-8-25(22,23)11-14/h1-2,9-10,14H,3-8,11H2/t14-/m0/s1. The van der Waals surface area contributed by atoms with Gasteiger partial charge in [-0.15, -0.1) is 11.3 Å². The third-order valence-corrected chi connectivity index (χ3v) is 7.87. The lowest BCUT2D eigenvalue weighted by atomic mass is 10.2. The quantitative estimate of drug-likeness (QED) is 0.797. The van der Waals surface area contributed by atoms with Crippen LogP contribution in [0.25, 0.3) is 10.1 Å². The summed E-state index contributed by atoms with van der Waals surface area (Å²) >= 11 is 1.38. The minimum absolute atomic E-state index is 0.0275. The van der Waals surface area contributed by atoms with Gasteiger partial charge in [-0.3, -0.25) is 9.69 Å². The number of nitrogens with zero attached hydrogens (tertiary/aromatic N) is 2. The highest BCUT2D eigenvalue weighted by atomic mass is 32.2. The lowest BCUT2D eigenvalue weighted by molar-refractivity contribution is 0.0592. The summed E-state index contributed by atoms with van der Waals surface area (Å²) < 4.78 is 37.5. The van der Waals surface area contributed by atoms with Crippen molar-refractivity contribution in [1.29, 1.82) is 0 Å². The number of hydrogen-bond donors (Lipinski definition) is 0. The maximum Gasteiger partial charge on any atom is 0.264 e. The Hall–Kier alpha value is -1.51. The van der Waals surface area contributed by atoms with Crippen LogP contribution in [-0.2, 0) is 9.84 Å². The first-order valence-electron chi connectivity index (χ1n) is 8.34. The third-order valence-electron chi connectivity index (χ3n) is 5.02. The van der Waals surface area contributed by atoms with Gasteiger partial charge in [-0.1, -0.05) is 0 Å². The second-order valence-corrected chi connectivity index (χ2v) is 9.99. The van der Waals surface area contributed by atoms with Crippen molar-refractivity contribution in [1.82, 2.24) is 9.80 Å². The number of rotatable bonds is 2. The summed E-state index contributed by atoms with van der Waals surface area (Å²) in [4.78, 5) is 17.3. The molecule has 0 saturated carbocycles. The van der Waals surface area contributed by atoms with E-state index < -0.39 is 9.84 Å². The summed E-state index contributed by atoms with van der Waals surface area (Å²) in [5.74, 6) is 0.183. The molecule has 2 aliphatic rings. The number of benzene rings is 1. The molecule has 3 heterocycles. The Balaban J connectivity index is 1.42. The predicted molar refractivity (Wildman–Crippen MR) is 96.3 cm³/mol. The van der Waals surface area contributed by atoms with Gasteiger partial charge in [-0.05, 0) is 36.1 Å². The molecule has 0 aliphatic carbocycles. The normalized spacial score (nSPS) is 24.0. The van der Waals surface area contributed by atoms with E-state index in [-0.39, 0.29) is 29.3 Å². The zero-order valence-corrected chi connectivity index (χ0v) is 15.3. The van der Waals surface area contributed by atoms with Crippen molar-refractivity contribution in [2.24, 2.45) is 0 Å². The Morgan fingerprint density at radius 3 is 2.60 bits per heavy atom. The predicted octanol–water partition coefficient (Wildman–Crippen LogP) is 1.99. The molecule has 2 aliphatic heterocycles. The molecule has 134 valence electrons. The topological polar surface area (TPSA) is 57.7 Å². The molecule has 2 saturated heterocycles. The Morgan fingerprint density at radius 1 is 1.16 bits per heavy atom. The third kappa shape index (κ3) is 3.43. The van der Waals surface area contributed by atoms with Crippen molar-refractivity contribution < 1.29 is 17.6 Å². The fourth-order valence-electron chi connectivity index (χ4n) is 3.63. The second-order valence-electron chi connectivity index (χ2n) is 6.68. The van der Waals surface area contributed by atoms with Crippen LogP contribution in [0.5, 0.6) is 0 Å². The fourth-order valence-corrected chi connectivity index (χ4v) is 6.40. The molecule has 5 nitrogen and oxygen atoms in total. The van der Waals surface area contributed by atoms with Gasteiger partial charge in [0.25, 0.3) is 5.91 Å². The molecule has 0 spiro atoms. The molecule has 1 aromatic carbocycles. The summed E-state index contributed by atoms with van der Waals surface area (Å²) in [6.07, 6.45) is 0.693. The van der Waals surface area contributed by atoms with Crippen LogP contribution >= 0.6 is 11.3 Å². The molecule has 1 atom stereocenters. The number of halogens is 1. The van der Waals surface area contributed by atoms with Crippen LogP contribution in [0.2, 0.25) is 0 Å². The Morgan fingerprint density at radius 2 is 1.92 bits per heavy atom. The molecule has 0 unspecified atom stereocenters. The first-order valence-corrected chi connectivity index (χ1v) is 11.0. The lowest BCUT2D eigenvalue weighted by Gasteiger charge is -2.37. The average Bonchev–Trinajstić information content (AvgIpc) is 3.17. The van der Waals surface area contributed by atoms with Gasteiger partial charge in [0, 0.05) is 36.9 Å². The van der Waals surface area contributed by atoms with E-state index in [0.29, 0.717) is 37.5 Å². The number of fused-ring (bicyclic) bond motifs is 1. The number of hydrogen-bond acceptors (Lipinski definition) is 5. The van der Waals surface area contributed by atoms with Gasteiger partial charge in [-0.25, -0.2) is 12.8 Å². The molecular weight excluding hydrogens is 363 g/mol. The molecular formula is C17H19FN2O3S2. The zero-order chi connectivity index (χ0) is 17.6. The minimum atomic E-state index is -2.89. The number of thiophene rings is 1. The average molecular weight is 382 g/mol. The van der Waals surface area contributed by atoms with E-state index in [2.05, 4.69) is 4.90 Å². The molecule has 2 aromatic rings. The van der Waals surface area contributed by atoms with Crippen LogP contribution in [-0.4, -0.2) is 67.9 Å². The molecule has 2 fully saturated rings. The maximum absolute atomic E-state index is 13.3. The van der Waals surface area contributed by atoms with Crippen molar-refractivity contribution >= 4 is 37.2 Å². The summed E-state index contributed by atoms with van der Waals surface area (Å²) in [5.41, 5.74) is 0. The van der Waals surface area contributed by atoms with Gasteiger partial charge in [0.1, 0.15) is 5.82 Å². The largest absolute Gasteiger partial charge is 0.335 e. The van der Waals surface area contributed by atoms with Gasteiger partial charge in [0.15, 0.2) is 9.84 Å². The van der Waals surface area contributed by atoms with Crippen LogP contribution in [0.3, 0.4) is 0 Å². The molecule has 0 N–H and O–H groups in total. The SMILES string of the molecule is O=C(c1cc2cc(F)ccc2s1)N1CCN([C@H]2CCS(=O)(=O)C2)CC1. The Kier molecular flexibility index (Phi) is 4.29. The molecule has 8 heteroatoms. The molecule has 0 bridgehead atoms. The number of amides is 1. The molecule has 25 heavy (non-hydrogen) atoms. The first-order chi connectivity index (χ1) is 11.9. The Bertz CT molecular complexity index is 917. The summed E-state index contributed by atoms with van der Waals surface area (Å²) in [6.45, 7) is 2.59. The van der Waals surface area contributed by atoms with E-state index in [1.54, 1.807) is 17.0 Å². The van der Waals surface area contributed by atoms with Gasteiger partial charge in [0.05, 0.1) is 16.4 Å². The number of piperazine rings is 1. The summed E-state index contributed by atoms with van der Waals surface area (Å²) in [6, 6.07) is 6.39. The molecule has 0 radical (unpaired) electrons. The van der Waals surface area contributed by atoms with Gasteiger partial charge in [-0.2, -0.15) is 0 Å². The van der Waals surface area contributed by atoms with Gasteiger partial charge < -0.3 is 4.90 Å². The number of carbonyl (C=O) groups excluding carboxylic acids is 1. The summed E-state index contributed by atoms with van der Waals surface area (Å²) in [7, 11) is -2.89. The van der Waals surface area contributed by atoms with Crippen LogP contribution in [0.1, 0.15) is 16.1 Å². The molecule has 1 amide bonds. The van der Waals surface area contributed by atoms with E-state index in [9.17, 15) is 17.6 Å². The highest BCUT2D eigenvalue weighted by molar-refractivity contribution is 7.91. The highest BCUT2D eigenvalue weighted by Crippen LogP contribution is 2.28. The number of sulfone groups is 1. The lowest BCUT2D eigenvalue weighted by Crippen LogP contribution is -2.52. The van der Waals surface area contributed by atoms with Crippen molar-refractivity contribution in [3.63, 3.8) is 0 Å². The second kappa shape index (κ2) is 6.34. The fraction of sp³-hybridized carbons (Fsp3) is 0.471. The zero-order valence-electron chi connectivity index (χ0n) is 13.7. The van der Waals surface area contributed by atoms with E-state index in [1.165, 1.54) is 23.5 Å². The van der Waals surface area contributed by atoms with Crippen molar-refractivity contribution in [2.45, 2.75) is 12.5 Å². The Labute approximate surface area is 149 Å². The van der Waals surface area contributed by atoms with Crippen molar-refractivity contribution in [3.05, 3.63) is 35.0 Å². The highest BCUT2D eigenvalue weighted by Gasteiger charge is 2.34. The van der Waals surface area contributed by atoms with Crippen LogP contribution in [0.4, 0.5) is 4.39 Å². The van der Waals surface area contributed by atoms with E-state index in [4.69, 9.17) is 0 Å². The maximum atomic E-state index is 13.3. The summed E-state index contributed by atoms with van der Waals surface area (Å²) in [5, 5.41) is 0.753. The van der Waals surface area contributed by atoms with Crippen molar-refractivity contribution in [3.8, 4) is 0 Å². The van der Waals surface area contributed by atoms with E-state index in [1.807, 2.05) is 0 Å². The van der Waals surface area contributed by atoms with Crippen LogP contribution in [0.15, 0.2) is 24.3 Å². The molecule has 1 aromatic heterocycles. The van der Waals surface area contributed by atoms with Crippen LogP contribution in [0, 0.1) is 5.82 Å². The molecule has 4 rings (SSSR count). The van der Waals surface area contributed by atoms with Gasteiger partial charge in [0.2, 0.25) is 0 Å². The monoisotopic (exact) mass is 382 g/mol. The van der Waals surface area contributed by atoms with Crippen LogP contribution < -0.4 is 0 Å². The smallest absolute Gasteiger partial charge is 0.264 e. The van der Waals surface area contributed by atoms with E-state index in [0.717, 1.165) is 10.1 Å². The minimum Gasteiger partial charge on any atom is -0.335 e. The first kappa shape index (κ1) is 16.9. The van der Waals surface area contributed by atoms with E-state index >= 15 is 0 Å².